The van der Waals surface area contributed by atoms with Gasteiger partial charge in [0.1, 0.15) is 0 Å². The minimum Gasteiger partial charge on any atom is -0.478 e. The van der Waals surface area contributed by atoms with Crippen molar-refractivity contribution in [1.82, 2.24) is 4.90 Å². The third-order valence-corrected chi connectivity index (χ3v) is 4.27. The van der Waals surface area contributed by atoms with Crippen molar-refractivity contribution in [1.29, 1.82) is 0 Å². The predicted octanol–water partition coefficient (Wildman–Crippen LogP) is 2.70. The number of piperidine rings is 1. The van der Waals surface area contributed by atoms with Crippen molar-refractivity contribution in [2.24, 2.45) is 0 Å². The maximum absolute atomic E-state index is 10.7. The first-order chi connectivity index (χ1) is 10.1. The zero-order chi connectivity index (χ0) is 15.2. The number of aliphatic carboxylic acids is 1. The fraction of sp³-hybridized carbons (Fsp3) is 0.471. The minimum absolute atomic E-state index is 0.521. The first-order valence-electron chi connectivity index (χ1n) is 7.57. The number of hydrogen-bond donors (Lipinski definition) is 1. The average Bonchev–Trinajstić information content (AvgIpc) is 2.52. The van der Waals surface area contributed by atoms with E-state index in [0.717, 1.165) is 43.7 Å². The van der Waals surface area contributed by atoms with Crippen LogP contribution in [0.5, 0.6) is 0 Å². The lowest BCUT2D eigenvalue weighted by molar-refractivity contribution is -0.131. The van der Waals surface area contributed by atoms with E-state index in [9.17, 15) is 4.79 Å². The summed E-state index contributed by atoms with van der Waals surface area (Å²) in [7, 11) is 2.11. The van der Waals surface area contributed by atoms with Gasteiger partial charge in [0, 0.05) is 37.9 Å². The maximum atomic E-state index is 10.7. The van der Waals surface area contributed by atoms with Crippen molar-refractivity contribution in [2.75, 3.05) is 31.6 Å². The van der Waals surface area contributed by atoms with Gasteiger partial charge in [-0.15, -0.1) is 0 Å². The molecular weight excluding hydrogens is 264 g/mol. The molecule has 0 aliphatic carbocycles. The molecule has 1 aromatic carbocycles. The Labute approximate surface area is 126 Å². The molecule has 0 bridgehead atoms. The summed E-state index contributed by atoms with van der Waals surface area (Å²) in [5.41, 5.74) is 2.06. The number of rotatable bonds is 5. The van der Waals surface area contributed by atoms with Crippen LogP contribution in [0.3, 0.4) is 0 Å². The maximum Gasteiger partial charge on any atom is 0.328 e. The van der Waals surface area contributed by atoms with Gasteiger partial charge in [-0.25, -0.2) is 4.79 Å². The van der Waals surface area contributed by atoms with Gasteiger partial charge in [0.2, 0.25) is 0 Å². The van der Waals surface area contributed by atoms with Crippen LogP contribution in [0, 0.1) is 0 Å². The van der Waals surface area contributed by atoms with Crippen molar-refractivity contribution in [2.45, 2.75) is 25.8 Å². The molecular formula is C17H24N2O2. The number of nitrogens with zero attached hydrogens (tertiary/aromatic N) is 2. The van der Waals surface area contributed by atoms with Crippen LogP contribution in [0.15, 0.2) is 30.3 Å². The number of para-hydroxylation sites is 1. The molecule has 1 N–H and O–H groups in total. The van der Waals surface area contributed by atoms with Gasteiger partial charge >= 0.3 is 5.97 Å². The van der Waals surface area contributed by atoms with E-state index in [0.29, 0.717) is 6.04 Å². The average molecular weight is 288 g/mol. The highest BCUT2D eigenvalue weighted by Crippen LogP contribution is 2.26. The van der Waals surface area contributed by atoms with Crippen LogP contribution in [0.4, 0.5) is 5.69 Å². The van der Waals surface area contributed by atoms with Gasteiger partial charge in [-0.05, 0) is 37.1 Å². The summed E-state index contributed by atoms with van der Waals surface area (Å²) < 4.78 is 0. The zero-order valence-corrected chi connectivity index (χ0v) is 12.8. The molecule has 114 valence electrons. The monoisotopic (exact) mass is 288 g/mol. The minimum atomic E-state index is -0.913. The number of anilines is 1. The lowest BCUT2D eigenvalue weighted by Crippen LogP contribution is -2.43. The van der Waals surface area contributed by atoms with Crippen molar-refractivity contribution < 1.29 is 9.90 Å². The normalized spacial score (nSPS) is 17.2. The van der Waals surface area contributed by atoms with E-state index >= 15 is 0 Å². The smallest absolute Gasteiger partial charge is 0.328 e. The van der Waals surface area contributed by atoms with Crippen LogP contribution in [-0.4, -0.2) is 48.7 Å². The molecule has 4 nitrogen and oxygen atoms in total. The Morgan fingerprint density at radius 3 is 2.67 bits per heavy atom. The van der Waals surface area contributed by atoms with Crippen LogP contribution in [0.1, 0.15) is 25.3 Å². The topological polar surface area (TPSA) is 43.8 Å². The van der Waals surface area contributed by atoms with E-state index in [1.807, 2.05) is 18.2 Å². The van der Waals surface area contributed by atoms with Crippen molar-refractivity contribution >= 4 is 17.7 Å². The highest BCUT2D eigenvalue weighted by molar-refractivity contribution is 5.87. The van der Waals surface area contributed by atoms with Gasteiger partial charge in [0.15, 0.2) is 0 Å². The van der Waals surface area contributed by atoms with E-state index in [1.165, 1.54) is 6.08 Å². The Bertz CT molecular complexity index is 505. The van der Waals surface area contributed by atoms with E-state index < -0.39 is 5.97 Å². The Morgan fingerprint density at radius 1 is 1.38 bits per heavy atom. The highest BCUT2D eigenvalue weighted by atomic mass is 16.4. The van der Waals surface area contributed by atoms with Gasteiger partial charge in [0.25, 0.3) is 0 Å². The standard InChI is InChI=1S/C17H24N2O2/c1-3-19-12-10-15(11-13-19)18(2)16-7-5-4-6-14(16)8-9-17(20)21/h4-9,15H,3,10-13H2,1-2H3,(H,20,21). The van der Waals surface area contributed by atoms with E-state index in [4.69, 9.17) is 5.11 Å². The molecule has 0 amide bonds. The molecule has 0 saturated carbocycles. The molecule has 1 fully saturated rings. The van der Waals surface area contributed by atoms with Crippen molar-refractivity contribution in [3.05, 3.63) is 35.9 Å². The number of carboxylic acids is 1. The molecule has 1 aliphatic heterocycles. The number of carbonyl (C=O) groups is 1. The molecule has 1 heterocycles. The molecule has 21 heavy (non-hydrogen) atoms. The Balaban J connectivity index is 2.12. The highest BCUT2D eigenvalue weighted by Gasteiger charge is 2.22. The molecule has 0 atom stereocenters. The van der Waals surface area contributed by atoms with Crippen LogP contribution >= 0.6 is 0 Å². The lowest BCUT2D eigenvalue weighted by Gasteiger charge is -2.38. The zero-order valence-electron chi connectivity index (χ0n) is 12.8. The molecule has 1 aromatic rings. The first-order valence-corrected chi connectivity index (χ1v) is 7.57. The summed E-state index contributed by atoms with van der Waals surface area (Å²) >= 11 is 0. The number of carboxylic acid groups (broad SMARTS) is 1. The van der Waals surface area contributed by atoms with Gasteiger partial charge < -0.3 is 14.9 Å². The van der Waals surface area contributed by atoms with Crippen LogP contribution < -0.4 is 4.90 Å². The predicted molar refractivity (Wildman–Crippen MR) is 86.7 cm³/mol. The molecule has 0 spiro atoms. The van der Waals surface area contributed by atoms with Crippen LogP contribution in [0.25, 0.3) is 6.08 Å². The van der Waals surface area contributed by atoms with Gasteiger partial charge in [0.05, 0.1) is 0 Å². The lowest BCUT2D eigenvalue weighted by atomic mass is 10.0. The summed E-state index contributed by atoms with van der Waals surface area (Å²) in [5.74, 6) is -0.913. The Hall–Kier alpha value is -1.81. The van der Waals surface area contributed by atoms with Crippen molar-refractivity contribution in [3.63, 3.8) is 0 Å². The SMILES string of the molecule is CCN1CCC(N(C)c2ccccc2C=CC(=O)O)CC1. The van der Waals surface area contributed by atoms with E-state index in [-0.39, 0.29) is 0 Å². The number of benzene rings is 1. The molecule has 4 heteroatoms. The van der Waals surface area contributed by atoms with Gasteiger partial charge in [-0.3, -0.25) is 0 Å². The molecule has 0 radical (unpaired) electrons. The molecule has 0 unspecified atom stereocenters. The second-order valence-electron chi connectivity index (χ2n) is 5.51. The molecule has 0 aromatic heterocycles. The molecule has 1 aliphatic rings. The summed E-state index contributed by atoms with van der Waals surface area (Å²) in [6, 6.07) is 8.50. The van der Waals surface area contributed by atoms with E-state index in [1.54, 1.807) is 6.08 Å². The largest absolute Gasteiger partial charge is 0.478 e. The first kappa shape index (κ1) is 15.6. The summed E-state index contributed by atoms with van der Waals surface area (Å²) in [5, 5.41) is 8.80. The van der Waals surface area contributed by atoms with Crippen LogP contribution in [-0.2, 0) is 4.79 Å². The van der Waals surface area contributed by atoms with Crippen molar-refractivity contribution in [3.8, 4) is 0 Å². The number of likely N-dealkylation sites (tertiary alicyclic amines) is 1. The number of hydrogen-bond acceptors (Lipinski definition) is 3. The second-order valence-corrected chi connectivity index (χ2v) is 5.51. The summed E-state index contributed by atoms with van der Waals surface area (Å²) in [6.07, 6.45) is 5.18. The van der Waals surface area contributed by atoms with Crippen LogP contribution in [0.2, 0.25) is 0 Å². The molecule has 1 saturated heterocycles. The second kappa shape index (κ2) is 7.27. The van der Waals surface area contributed by atoms with Gasteiger partial charge in [-0.1, -0.05) is 25.1 Å². The fourth-order valence-electron chi connectivity index (χ4n) is 2.93. The van der Waals surface area contributed by atoms with E-state index in [2.05, 4.69) is 29.8 Å². The third kappa shape index (κ3) is 4.08. The molecule has 2 rings (SSSR count). The summed E-state index contributed by atoms with van der Waals surface area (Å²) in [6.45, 7) is 5.60. The van der Waals surface area contributed by atoms with Gasteiger partial charge in [-0.2, -0.15) is 0 Å². The Kier molecular flexibility index (Phi) is 5.39. The third-order valence-electron chi connectivity index (χ3n) is 4.27. The Morgan fingerprint density at radius 2 is 2.05 bits per heavy atom. The summed E-state index contributed by atoms with van der Waals surface area (Å²) in [4.78, 5) is 15.5. The fourth-order valence-corrected chi connectivity index (χ4v) is 2.93. The quantitative estimate of drug-likeness (QED) is 0.846.